The molecule has 0 bridgehead atoms. The maximum absolute atomic E-state index is 11.4. The van der Waals surface area contributed by atoms with E-state index in [4.69, 9.17) is 4.74 Å². The molecular weight excluding hydrogens is 246 g/mol. The molecule has 0 fully saturated rings. The van der Waals surface area contributed by atoms with Crippen LogP contribution in [0.3, 0.4) is 0 Å². The highest BCUT2D eigenvalue weighted by Gasteiger charge is 2.27. The Bertz CT molecular complexity index is 498. The molecule has 0 N–H and O–H groups in total. The molecule has 0 saturated carbocycles. The first-order valence-corrected chi connectivity index (χ1v) is 9.52. The van der Waals surface area contributed by atoms with Crippen LogP contribution in [0.25, 0.3) is 0 Å². The minimum absolute atomic E-state index is 0.226. The van der Waals surface area contributed by atoms with Gasteiger partial charge in [-0.05, 0) is 13.0 Å². The number of ether oxygens (including phenoxy) is 1. The van der Waals surface area contributed by atoms with Crippen LogP contribution in [-0.2, 0) is 9.53 Å². The van der Waals surface area contributed by atoms with Crippen molar-refractivity contribution in [2.75, 3.05) is 6.61 Å². The Morgan fingerprint density at radius 3 is 2.67 bits per heavy atom. The molecule has 2 rings (SSSR count). The number of rotatable bonds is 4. The van der Waals surface area contributed by atoms with E-state index in [1.807, 2.05) is 0 Å². The molecule has 1 unspecified atom stereocenters. The average Bonchev–Trinajstić information content (AvgIpc) is 2.69. The second kappa shape index (κ2) is 4.70. The Morgan fingerprint density at radius 1 is 1.33 bits per heavy atom. The van der Waals surface area contributed by atoms with E-state index in [9.17, 15) is 4.79 Å². The van der Waals surface area contributed by atoms with Gasteiger partial charge in [-0.1, -0.05) is 19.6 Å². The fraction of sp³-hybridized carbons (Fsp3) is 0.500. The van der Waals surface area contributed by atoms with Gasteiger partial charge in [0, 0.05) is 11.9 Å². The fourth-order valence-electron chi connectivity index (χ4n) is 1.43. The van der Waals surface area contributed by atoms with Gasteiger partial charge >= 0.3 is 0 Å². The minimum atomic E-state index is -1.32. The molecule has 0 aromatic carbocycles. The molecule has 1 amide bonds. The van der Waals surface area contributed by atoms with Crippen LogP contribution in [0.15, 0.2) is 26.8 Å². The summed E-state index contributed by atoms with van der Waals surface area (Å²) in [5, 5.41) is 0. The van der Waals surface area contributed by atoms with Gasteiger partial charge in [0.25, 0.3) is 5.91 Å². The van der Waals surface area contributed by atoms with Crippen LogP contribution in [0.5, 0.6) is 0 Å². The second-order valence-corrected chi connectivity index (χ2v) is 11.0. The minimum Gasteiger partial charge on any atom is -0.374 e. The summed E-state index contributed by atoms with van der Waals surface area (Å²) in [6.07, 6.45) is 3.14. The molecule has 5 nitrogen and oxygen atoms in total. The monoisotopic (exact) mass is 263 g/mol. The van der Waals surface area contributed by atoms with Crippen molar-refractivity contribution in [3.8, 4) is 0 Å². The predicted molar refractivity (Wildman–Crippen MR) is 75.2 cm³/mol. The van der Waals surface area contributed by atoms with Gasteiger partial charge in [0.1, 0.15) is 6.61 Å². The van der Waals surface area contributed by atoms with E-state index in [1.165, 1.54) is 6.21 Å². The van der Waals surface area contributed by atoms with E-state index in [0.29, 0.717) is 23.9 Å². The number of nitrogens with zero attached hydrogens (tertiary/aromatic N) is 3. The van der Waals surface area contributed by atoms with E-state index in [1.54, 1.807) is 6.08 Å². The van der Waals surface area contributed by atoms with Crippen molar-refractivity contribution in [1.29, 1.82) is 0 Å². The first-order chi connectivity index (χ1) is 8.38. The van der Waals surface area contributed by atoms with Crippen molar-refractivity contribution in [2.24, 2.45) is 15.0 Å². The normalized spacial score (nSPS) is 20.2. The van der Waals surface area contributed by atoms with Crippen LogP contribution in [0.2, 0.25) is 19.6 Å². The van der Waals surface area contributed by atoms with Crippen LogP contribution in [-0.4, -0.2) is 44.1 Å². The summed E-state index contributed by atoms with van der Waals surface area (Å²) in [5.41, 5.74) is 1.15. The molecule has 2 heterocycles. The maximum Gasteiger partial charge on any atom is 0.297 e. The number of hydrogen-bond donors (Lipinski definition) is 0. The third-order valence-electron chi connectivity index (χ3n) is 3.04. The number of allylic oxidation sites excluding steroid dienone is 1. The SMILES string of the molecule is CC(OCC1=NC2=CC=NC(=O)C2=N1)[Si](C)(C)C. The van der Waals surface area contributed by atoms with Crippen LogP contribution in [0.4, 0.5) is 0 Å². The van der Waals surface area contributed by atoms with Crippen LogP contribution >= 0.6 is 0 Å². The lowest BCUT2D eigenvalue weighted by Crippen LogP contribution is -2.38. The molecule has 2 aliphatic heterocycles. The Morgan fingerprint density at radius 2 is 2.06 bits per heavy atom. The molecule has 1 atom stereocenters. The molecule has 18 heavy (non-hydrogen) atoms. The molecule has 0 aromatic rings. The molecule has 96 valence electrons. The second-order valence-electron chi connectivity index (χ2n) is 5.44. The quantitative estimate of drug-likeness (QED) is 0.723. The number of hydrogen-bond acceptors (Lipinski definition) is 4. The molecule has 2 aliphatic rings. The van der Waals surface area contributed by atoms with Crippen LogP contribution < -0.4 is 0 Å². The highest BCUT2D eigenvalue weighted by atomic mass is 28.3. The van der Waals surface area contributed by atoms with E-state index in [-0.39, 0.29) is 11.6 Å². The van der Waals surface area contributed by atoms with Crippen molar-refractivity contribution in [1.82, 2.24) is 0 Å². The van der Waals surface area contributed by atoms with E-state index in [0.717, 1.165) is 0 Å². The molecule has 6 heteroatoms. The topological polar surface area (TPSA) is 63.4 Å². The Balaban J connectivity index is 2.00. The van der Waals surface area contributed by atoms with Gasteiger partial charge in [-0.2, -0.15) is 0 Å². The predicted octanol–water partition coefficient (Wildman–Crippen LogP) is 1.62. The Kier molecular flexibility index (Phi) is 3.40. The number of amides is 1. The summed E-state index contributed by atoms with van der Waals surface area (Å²) in [5.74, 6) is 0.227. The lowest BCUT2D eigenvalue weighted by molar-refractivity contribution is -0.111. The van der Waals surface area contributed by atoms with Crippen LogP contribution in [0.1, 0.15) is 6.92 Å². The van der Waals surface area contributed by atoms with Gasteiger partial charge in [0.05, 0.1) is 13.8 Å². The number of carbonyl (C=O) groups excluding carboxylic acids is 1. The summed E-state index contributed by atoms with van der Waals surface area (Å²) in [7, 11) is -1.32. The fourth-order valence-corrected chi connectivity index (χ4v) is 2.01. The summed E-state index contributed by atoms with van der Waals surface area (Å²) in [4.78, 5) is 23.5. The lowest BCUT2D eigenvalue weighted by atomic mass is 10.2. The van der Waals surface area contributed by atoms with Gasteiger partial charge < -0.3 is 4.74 Å². The molecular formula is C12H17N3O2Si. The van der Waals surface area contributed by atoms with E-state index < -0.39 is 8.07 Å². The Labute approximate surface area is 107 Å². The Hall–Kier alpha value is -1.40. The highest BCUT2D eigenvalue weighted by molar-refractivity contribution is 6.77. The van der Waals surface area contributed by atoms with Gasteiger partial charge in [0.2, 0.25) is 0 Å². The van der Waals surface area contributed by atoms with Crippen LogP contribution in [0, 0.1) is 0 Å². The molecule has 0 aromatic heterocycles. The molecule has 0 saturated heterocycles. The number of amidine groups is 1. The van der Waals surface area contributed by atoms with Crippen molar-refractivity contribution in [3.63, 3.8) is 0 Å². The van der Waals surface area contributed by atoms with Crippen molar-refractivity contribution < 1.29 is 9.53 Å². The van der Waals surface area contributed by atoms with Gasteiger partial charge in [-0.25, -0.2) is 15.0 Å². The molecule has 0 spiro atoms. The smallest absolute Gasteiger partial charge is 0.297 e. The zero-order chi connectivity index (χ0) is 13.3. The van der Waals surface area contributed by atoms with Gasteiger partial charge in [-0.15, -0.1) is 0 Å². The van der Waals surface area contributed by atoms with Gasteiger partial charge in [0.15, 0.2) is 11.5 Å². The van der Waals surface area contributed by atoms with E-state index in [2.05, 4.69) is 41.5 Å². The molecule has 0 aliphatic carbocycles. The first-order valence-electron chi connectivity index (χ1n) is 5.95. The summed E-state index contributed by atoms with van der Waals surface area (Å²) in [6, 6.07) is 0. The number of aliphatic imine (C=N–C) groups is 3. The summed E-state index contributed by atoms with van der Waals surface area (Å²) in [6.45, 7) is 9.17. The first kappa shape index (κ1) is 13.0. The zero-order valence-electron chi connectivity index (χ0n) is 11.1. The number of carbonyl (C=O) groups is 1. The van der Waals surface area contributed by atoms with Crippen molar-refractivity contribution in [3.05, 3.63) is 11.8 Å². The summed E-state index contributed by atoms with van der Waals surface area (Å²) >= 11 is 0. The average molecular weight is 263 g/mol. The number of fused-ring (bicyclic) bond motifs is 1. The largest absolute Gasteiger partial charge is 0.374 e. The standard InChI is InChI=1S/C12H17N3O2Si/c1-8(18(2,3)4)17-7-10-14-9-5-6-13-12(16)11(9)15-10/h5-6,8H,7H2,1-4H3. The third-order valence-corrected chi connectivity index (χ3v) is 5.65. The number of dihydropyridines is 1. The maximum atomic E-state index is 11.4. The van der Waals surface area contributed by atoms with Crippen molar-refractivity contribution >= 4 is 31.7 Å². The van der Waals surface area contributed by atoms with E-state index >= 15 is 0 Å². The van der Waals surface area contributed by atoms with Gasteiger partial charge in [-0.3, -0.25) is 4.79 Å². The molecule has 0 radical (unpaired) electrons. The third kappa shape index (κ3) is 2.70. The lowest BCUT2D eigenvalue weighted by Gasteiger charge is -2.24. The summed E-state index contributed by atoms with van der Waals surface area (Å²) < 4.78 is 5.78. The zero-order valence-corrected chi connectivity index (χ0v) is 12.1. The van der Waals surface area contributed by atoms with Crippen molar-refractivity contribution in [2.45, 2.75) is 32.3 Å². The highest BCUT2D eigenvalue weighted by Crippen LogP contribution is 2.16.